The van der Waals surface area contributed by atoms with Crippen LogP contribution < -0.4 is 4.18 Å². The van der Waals surface area contributed by atoms with E-state index in [1.807, 2.05) is 6.07 Å². The zero-order valence-electron chi connectivity index (χ0n) is 21.9. The van der Waals surface area contributed by atoms with Crippen LogP contribution in [0.25, 0.3) is 0 Å². The summed E-state index contributed by atoms with van der Waals surface area (Å²) >= 11 is 0. The molecule has 0 aliphatic rings. The third-order valence-corrected chi connectivity index (χ3v) is 7.94. The Bertz CT molecular complexity index is 953. The highest BCUT2D eigenvalue weighted by atomic mass is 32.2. The average Bonchev–Trinajstić information content (AvgIpc) is 2.83. The van der Waals surface area contributed by atoms with Gasteiger partial charge in [-0.1, -0.05) is 109 Å². The Morgan fingerprint density at radius 2 is 1.23 bits per heavy atom. The molecule has 0 spiro atoms. The SMILES string of the molecule is CCCCCCCCCc1cccc(S(=O)(=O)Oc2cccc(O)c2)c1CCCCCCCCC. The number of aryl methyl sites for hydroxylation is 1. The summed E-state index contributed by atoms with van der Waals surface area (Å²) in [5.74, 6) is 0.109. The van der Waals surface area contributed by atoms with Crippen molar-refractivity contribution in [3.05, 3.63) is 53.6 Å². The highest BCUT2D eigenvalue weighted by Crippen LogP contribution is 2.28. The van der Waals surface area contributed by atoms with Crippen LogP contribution in [0, 0.1) is 0 Å². The highest BCUT2D eigenvalue weighted by molar-refractivity contribution is 7.87. The van der Waals surface area contributed by atoms with Crippen molar-refractivity contribution in [1.82, 2.24) is 0 Å². The molecule has 0 bridgehead atoms. The maximum Gasteiger partial charge on any atom is 0.339 e. The minimum atomic E-state index is -3.99. The second-order valence-corrected chi connectivity index (χ2v) is 11.2. The van der Waals surface area contributed by atoms with E-state index in [-0.39, 0.29) is 16.4 Å². The fourth-order valence-corrected chi connectivity index (χ4v) is 5.83. The number of rotatable bonds is 19. The zero-order valence-corrected chi connectivity index (χ0v) is 22.8. The summed E-state index contributed by atoms with van der Waals surface area (Å²) in [4.78, 5) is 0.271. The molecule has 196 valence electrons. The largest absolute Gasteiger partial charge is 0.508 e. The third kappa shape index (κ3) is 11.1. The van der Waals surface area contributed by atoms with Gasteiger partial charge in [0.15, 0.2) is 0 Å². The maximum atomic E-state index is 13.3. The number of hydrogen-bond acceptors (Lipinski definition) is 4. The first-order valence-electron chi connectivity index (χ1n) is 13.8. The molecular formula is C30H46O4S. The minimum absolute atomic E-state index is 0.0197. The number of benzene rings is 2. The van der Waals surface area contributed by atoms with E-state index in [0.717, 1.165) is 43.2 Å². The standard InChI is InChI=1S/C30H46O4S/c1-3-5-7-9-11-13-15-19-26-20-17-24-30(29(26)23-16-14-12-10-8-6-4-2)35(32,33)34-28-22-18-21-27(31)25-28/h17-18,20-22,24-25,31H,3-16,19,23H2,1-2H3. The van der Waals surface area contributed by atoms with Crippen molar-refractivity contribution in [1.29, 1.82) is 0 Å². The van der Waals surface area contributed by atoms with E-state index < -0.39 is 10.1 Å². The molecule has 0 aliphatic carbocycles. The lowest BCUT2D eigenvalue weighted by molar-refractivity contribution is 0.463. The third-order valence-electron chi connectivity index (χ3n) is 6.60. The van der Waals surface area contributed by atoms with E-state index in [1.165, 1.54) is 82.8 Å². The smallest absolute Gasteiger partial charge is 0.339 e. The molecule has 0 saturated carbocycles. The van der Waals surface area contributed by atoms with E-state index in [9.17, 15) is 13.5 Å². The van der Waals surface area contributed by atoms with E-state index in [1.54, 1.807) is 18.2 Å². The summed E-state index contributed by atoms with van der Waals surface area (Å²) in [5.41, 5.74) is 2.04. The molecule has 4 nitrogen and oxygen atoms in total. The summed E-state index contributed by atoms with van der Waals surface area (Å²) in [5, 5.41) is 9.71. The number of hydrogen-bond donors (Lipinski definition) is 1. The van der Waals surface area contributed by atoms with E-state index in [0.29, 0.717) is 0 Å². The first-order valence-corrected chi connectivity index (χ1v) is 15.2. The van der Waals surface area contributed by atoms with Crippen molar-refractivity contribution in [3.63, 3.8) is 0 Å². The van der Waals surface area contributed by atoms with Crippen LogP contribution >= 0.6 is 0 Å². The molecule has 0 heterocycles. The Hall–Kier alpha value is -2.01. The molecule has 0 fully saturated rings. The molecule has 0 saturated heterocycles. The molecule has 0 radical (unpaired) electrons. The van der Waals surface area contributed by atoms with Crippen LogP contribution in [0.5, 0.6) is 11.5 Å². The molecule has 0 atom stereocenters. The summed E-state index contributed by atoms with van der Waals surface area (Å²) < 4.78 is 32.0. The van der Waals surface area contributed by atoms with E-state index in [4.69, 9.17) is 4.18 Å². The number of unbranched alkanes of at least 4 members (excludes halogenated alkanes) is 12. The summed E-state index contributed by atoms with van der Waals surface area (Å²) in [6, 6.07) is 11.5. The molecule has 0 aromatic heterocycles. The van der Waals surface area contributed by atoms with Crippen molar-refractivity contribution in [2.45, 2.75) is 121 Å². The van der Waals surface area contributed by atoms with Crippen molar-refractivity contribution >= 4 is 10.1 Å². The molecule has 35 heavy (non-hydrogen) atoms. The second kappa shape index (κ2) is 16.6. The van der Waals surface area contributed by atoms with Gasteiger partial charge in [-0.15, -0.1) is 0 Å². The topological polar surface area (TPSA) is 63.6 Å². The van der Waals surface area contributed by atoms with Crippen LogP contribution in [0.4, 0.5) is 0 Å². The van der Waals surface area contributed by atoms with Gasteiger partial charge in [-0.25, -0.2) is 0 Å². The van der Waals surface area contributed by atoms with Crippen molar-refractivity contribution < 1.29 is 17.7 Å². The minimum Gasteiger partial charge on any atom is -0.508 e. The van der Waals surface area contributed by atoms with Gasteiger partial charge in [0.2, 0.25) is 0 Å². The van der Waals surface area contributed by atoms with Crippen LogP contribution in [0.15, 0.2) is 47.4 Å². The van der Waals surface area contributed by atoms with Gasteiger partial charge in [0, 0.05) is 6.07 Å². The highest BCUT2D eigenvalue weighted by Gasteiger charge is 2.23. The maximum absolute atomic E-state index is 13.3. The van der Waals surface area contributed by atoms with Crippen LogP contribution in [-0.4, -0.2) is 13.5 Å². The van der Waals surface area contributed by atoms with Gasteiger partial charge in [0.05, 0.1) is 0 Å². The summed E-state index contributed by atoms with van der Waals surface area (Å²) in [6.07, 6.45) is 18.6. The molecule has 0 aliphatic heterocycles. The van der Waals surface area contributed by atoms with Crippen LogP contribution in [0.2, 0.25) is 0 Å². The molecule has 0 amide bonds. The Morgan fingerprint density at radius 1 is 0.686 bits per heavy atom. The van der Waals surface area contributed by atoms with Crippen molar-refractivity contribution in [2.75, 3.05) is 0 Å². The van der Waals surface area contributed by atoms with Gasteiger partial charge in [-0.2, -0.15) is 8.42 Å². The molecule has 5 heteroatoms. The lowest BCUT2D eigenvalue weighted by Gasteiger charge is -2.16. The van der Waals surface area contributed by atoms with Crippen LogP contribution in [0.3, 0.4) is 0 Å². The fraction of sp³-hybridized carbons (Fsp3) is 0.600. The Labute approximate surface area is 214 Å². The van der Waals surface area contributed by atoms with Crippen LogP contribution in [-0.2, 0) is 23.0 Å². The van der Waals surface area contributed by atoms with Gasteiger partial charge in [0.25, 0.3) is 0 Å². The second-order valence-electron chi connectivity index (χ2n) is 9.67. The summed E-state index contributed by atoms with van der Waals surface area (Å²) in [7, 11) is -3.99. The van der Waals surface area contributed by atoms with Crippen molar-refractivity contribution in [2.24, 2.45) is 0 Å². The normalized spacial score (nSPS) is 11.6. The first-order chi connectivity index (χ1) is 17.0. The van der Waals surface area contributed by atoms with Gasteiger partial charge in [-0.05, 0) is 55.0 Å². The van der Waals surface area contributed by atoms with E-state index in [2.05, 4.69) is 19.9 Å². The zero-order chi connectivity index (χ0) is 25.4. The molecule has 0 unspecified atom stereocenters. The first kappa shape index (κ1) is 29.2. The van der Waals surface area contributed by atoms with Gasteiger partial charge in [0.1, 0.15) is 16.4 Å². The van der Waals surface area contributed by atoms with E-state index >= 15 is 0 Å². The monoisotopic (exact) mass is 502 g/mol. The fourth-order valence-electron chi connectivity index (χ4n) is 4.60. The number of phenols is 1. The average molecular weight is 503 g/mol. The Balaban J connectivity index is 2.10. The Kier molecular flexibility index (Phi) is 13.9. The molecule has 1 N–H and O–H groups in total. The molecular weight excluding hydrogens is 456 g/mol. The van der Waals surface area contributed by atoms with Gasteiger partial charge in [-0.3, -0.25) is 0 Å². The lowest BCUT2D eigenvalue weighted by Crippen LogP contribution is -2.14. The lowest BCUT2D eigenvalue weighted by atomic mass is 9.96. The van der Waals surface area contributed by atoms with Crippen molar-refractivity contribution in [3.8, 4) is 11.5 Å². The molecule has 2 aromatic carbocycles. The predicted octanol–water partition coefficient (Wildman–Crippen LogP) is 8.75. The van der Waals surface area contributed by atoms with Gasteiger partial charge < -0.3 is 9.29 Å². The Morgan fingerprint density at radius 3 is 1.83 bits per heavy atom. The molecule has 2 aromatic rings. The summed E-state index contributed by atoms with van der Waals surface area (Å²) in [6.45, 7) is 4.46. The predicted molar refractivity (Wildman–Crippen MR) is 146 cm³/mol. The van der Waals surface area contributed by atoms with Crippen LogP contribution in [0.1, 0.15) is 115 Å². The van der Waals surface area contributed by atoms with Gasteiger partial charge >= 0.3 is 10.1 Å². The number of aromatic hydroxyl groups is 1. The number of phenolic OH excluding ortho intramolecular Hbond substituents is 1. The quantitative estimate of drug-likeness (QED) is 0.154. The molecule has 2 rings (SSSR count).